The predicted octanol–water partition coefficient (Wildman–Crippen LogP) is 3.08. The molecule has 2 atom stereocenters. The second-order valence-electron chi connectivity index (χ2n) is 6.38. The fourth-order valence-corrected chi connectivity index (χ4v) is 3.33. The monoisotopic (exact) mass is 341 g/mol. The van der Waals surface area contributed by atoms with E-state index in [4.69, 9.17) is 4.74 Å². The van der Waals surface area contributed by atoms with Crippen LogP contribution in [0.1, 0.15) is 24.8 Å². The van der Waals surface area contributed by atoms with Crippen LogP contribution in [0.4, 0.5) is 10.2 Å². The summed E-state index contributed by atoms with van der Waals surface area (Å²) >= 11 is 0. The van der Waals surface area contributed by atoms with Crippen LogP contribution in [-0.2, 0) is 11.2 Å². The standard InChI is InChI=1S/C18H20FN5O/c19-13-3-1-2-12(8-13)6-7-25-15-5-4-14(9-15)23-17-16-10-22-24-18(16)21-11-20-17/h1-3,8,10-11,14-15H,4-7,9H2,(H2,20,21,22,23,24)/t14-,15-/m0/s1. The third-order valence-electron chi connectivity index (χ3n) is 4.61. The first kappa shape index (κ1) is 16.0. The van der Waals surface area contributed by atoms with Crippen molar-refractivity contribution < 1.29 is 9.13 Å². The number of H-pyrrole nitrogens is 1. The van der Waals surface area contributed by atoms with E-state index in [1.165, 1.54) is 12.4 Å². The maximum atomic E-state index is 13.2. The summed E-state index contributed by atoms with van der Waals surface area (Å²) in [5, 5.41) is 11.2. The molecule has 1 aromatic carbocycles. The highest BCUT2D eigenvalue weighted by molar-refractivity contribution is 5.85. The number of nitrogens with zero attached hydrogens (tertiary/aromatic N) is 3. The zero-order valence-electron chi connectivity index (χ0n) is 13.8. The van der Waals surface area contributed by atoms with Crippen LogP contribution in [0.3, 0.4) is 0 Å². The molecule has 1 aliphatic rings. The Morgan fingerprint density at radius 1 is 1.28 bits per heavy atom. The second-order valence-corrected chi connectivity index (χ2v) is 6.38. The maximum Gasteiger partial charge on any atom is 0.160 e. The van der Waals surface area contributed by atoms with Crippen molar-refractivity contribution in [1.82, 2.24) is 20.2 Å². The topological polar surface area (TPSA) is 75.7 Å². The van der Waals surface area contributed by atoms with Crippen molar-refractivity contribution in [2.45, 2.75) is 37.8 Å². The van der Waals surface area contributed by atoms with Gasteiger partial charge in [0.05, 0.1) is 24.3 Å². The SMILES string of the molecule is Fc1cccc(CCO[C@H]2CC[C@H](Nc3ncnc4[nH]ncc34)C2)c1. The minimum atomic E-state index is -0.196. The molecule has 0 amide bonds. The van der Waals surface area contributed by atoms with Crippen molar-refractivity contribution in [1.29, 1.82) is 0 Å². The van der Waals surface area contributed by atoms with E-state index >= 15 is 0 Å². The number of aromatic nitrogens is 4. The smallest absolute Gasteiger partial charge is 0.160 e. The van der Waals surface area contributed by atoms with Gasteiger partial charge in [-0.2, -0.15) is 5.10 Å². The van der Waals surface area contributed by atoms with Crippen molar-refractivity contribution in [3.8, 4) is 0 Å². The van der Waals surface area contributed by atoms with Crippen molar-refractivity contribution in [2.75, 3.05) is 11.9 Å². The molecule has 0 spiro atoms. The van der Waals surface area contributed by atoms with Gasteiger partial charge in [-0.05, 0) is 43.4 Å². The lowest BCUT2D eigenvalue weighted by molar-refractivity contribution is 0.0601. The van der Waals surface area contributed by atoms with Gasteiger partial charge in [0.2, 0.25) is 0 Å². The molecule has 7 heteroatoms. The number of aromatic amines is 1. The van der Waals surface area contributed by atoms with Crippen LogP contribution in [0.25, 0.3) is 11.0 Å². The van der Waals surface area contributed by atoms with Crippen LogP contribution in [0.15, 0.2) is 36.8 Å². The summed E-state index contributed by atoms with van der Waals surface area (Å²) in [7, 11) is 0. The number of fused-ring (bicyclic) bond motifs is 1. The van der Waals surface area contributed by atoms with Crippen LogP contribution in [0, 0.1) is 5.82 Å². The highest BCUT2D eigenvalue weighted by Gasteiger charge is 2.26. The van der Waals surface area contributed by atoms with Crippen molar-refractivity contribution in [2.24, 2.45) is 0 Å². The molecule has 0 radical (unpaired) electrons. The van der Waals surface area contributed by atoms with Gasteiger partial charge in [0, 0.05) is 6.04 Å². The largest absolute Gasteiger partial charge is 0.378 e. The Morgan fingerprint density at radius 2 is 2.24 bits per heavy atom. The molecule has 0 unspecified atom stereocenters. The molecule has 2 aromatic heterocycles. The van der Waals surface area contributed by atoms with E-state index in [9.17, 15) is 4.39 Å². The third-order valence-corrected chi connectivity index (χ3v) is 4.61. The van der Waals surface area contributed by atoms with Gasteiger partial charge in [-0.1, -0.05) is 12.1 Å². The number of hydrogen-bond donors (Lipinski definition) is 2. The van der Waals surface area contributed by atoms with Crippen molar-refractivity contribution >= 4 is 16.9 Å². The lowest BCUT2D eigenvalue weighted by atomic mass is 10.1. The Hall–Kier alpha value is -2.54. The van der Waals surface area contributed by atoms with Gasteiger partial charge < -0.3 is 10.1 Å². The fourth-order valence-electron chi connectivity index (χ4n) is 3.33. The molecule has 3 aromatic rings. The molecule has 0 bridgehead atoms. The van der Waals surface area contributed by atoms with Gasteiger partial charge in [0.25, 0.3) is 0 Å². The molecular weight excluding hydrogens is 321 g/mol. The summed E-state index contributed by atoms with van der Waals surface area (Å²) < 4.78 is 19.1. The van der Waals surface area contributed by atoms with Crippen LogP contribution in [-0.4, -0.2) is 38.9 Å². The van der Waals surface area contributed by atoms with Gasteiger partial charge in [-0.3, -0.25) is 5.10 Å². The molecule has 130 valence electrons. The summed E-state index contributed by atoms with van der Waals surface area (Å²) in [6.45, 7) is 0.611. The number of anilines is 1. The normalized spacial score (nSPS) is 20.2. The number of benzene rings is 1. The van der Waals surface area contributed by atoms with Gasteiger partial charge in [0.15, 0.2) is 5.65 Å². The zero-order chi connectivity index (χ0) is 17.1. The molecule has 1 saturated carbocycles. The summed E-state index contributed by atoms with van der Waals surface area (Å²) in [6, 6.07) is 7.01. The molecule has 1 aliphatic carbocycles. The highest BCUT2D eigenvalue weighted by Crippen LogP contribution is 2.27. The van der Waals surface area contributed by atoms with E-state index in [2.05, 4.69) is 25.5 Å². The van der Waals surface area contributed by atoms with Gasteiger partial charge in [-0.25, -0.2) is 14.4 Å². The van der Waals surface area contributed by atoms with E-state index in [-0.39, 0.29) is 11.9 Å². The van der Waals surface area contributed by atoms with Gasteiger partial charge >= 0.3 is 0 Å². The van der Waals surface area contributed by atoms with E-state index < -0.39 is 0 Å². The number of hydrogen-bond acceptors (Lipinski definition) is 5. The number of ether oxygens (including phenoxy) is 1. The molecule has 4 rings (SSSR count). The first-order chi connectivity index (χ1) is 12.3. The number of halogens is 1. The summed E-state index contributed by atoms with van der Waals surface area (Å²) in [5.74, 6) is 0.613. The Balaban J connectivity index is 1.28. The molecule has 0 saturated heterocycles. The van der Waals surface area contributed by atoms with Crippen LogP contribution in [0.5, 0.6) is 0 Å². The number of rotatable bonds is 6. The second kappa shape index (κ2) is 7.14. The Bertz CT molecular complexity index is 852. The first-order valence-corrected chi connectivity index (χ1v) is 8.54. The summed E-state index contributed by atoms with van der Waals surface area (Å²) in [5.41, 5.74) is 1.70. The van der Waals surface area contributed by atoms with Gasteiger partial charge in [0.1, 0.15) is 18.0 Å². The number of nitrogens with one attached hydrogen (secondary N) is 2. The Labute approximate surface area is 144 Å². The van der Waals surface area contributed by atoms with Crippen LogP contribution >= 0.6 is 0 Å². The quantitative estimate of drug-likeness (QED) is 0.721. The van der Waals surface area contributed by atoms with Crippen LogP contribution < -0.4 is 5.32 Å². The molecule has 2 N–H and O–H groups in total. The molecule has 1 fully saturated rings. The van der Waals surface area contributed by atoms with E-state index in [1.807, 2.05) is 6.07 Å². The molecule has 0 aliphatic heterocycles. The molecule has 25 heavy (non-hydrogen) atoms. The van der Waals surface area contributed by atoms with Crippen molar-refractivity contribution in [3.63, 3.8) is 0 Å². The Kier molecular flexibility index (Phi) is 4.56. The highest BCUT2D eigenvalue weighted by atomic mass is 19.1. The third kappa shape index (κ3) is 3.76. The lowest BCUT2D eigenvalue weighted by Crippen LogP contribution is -2.19. The van der Waals surface area contributed by atoms with Gasteiger partial charge in [-0.15, -0.1) is 0 Å². The zero-order valence-corrected chi connectivity index (χ0v) is 13.8. The minimum absolute atomic E-state index is 0.196. The van der Waals surface area contributed by atoms with Crippen molar-refractivity contribution in [3.05, 3.63) is 48.2 Å². The minimum Gasteiger partial charge on any atom is -0.378 e. The first-order valence-electron chi connectivity index (χ1n) is 8.54. The Morgan fingerprint density at radius 3 is 3.16 bits per heavy atom. The average molecular weight is 341 g/mol. The molecule has 2 heterocycles. The maximum absolute atomic E-state index is 13.2. The molecule has 6 nitrogen and oxygen atoms in total. The van der Waals surface area contributed by atoms with E-state index in [0.29, 0.717) is 12.6 Å². The lowest BCUT2D eigenvalue weighted by Gasteiger charge is -2.15. The van der Waals surface area contributed by atoms with E-state index in [1.54, 1.807) is 18.3 Å². The molecular formula is C18H20FN5O. The van der Waals surface area contributed by atoms with E-state index in [0.717, 1.165) is 48.1 Å². The predicted molar refractivity (Wildman–Crippen MR) is 92.8 cm³/mol. The van der Waals surface area contributed by atoms with Crippen LogP contribution in [0.2, 0.25) is 0 Å². The average Bonchev–Trinajstić information content (AvgIpc) is 3.25. The fraction of sp³-hybridized carbons (Fsp3) is 0.389. The summed E-state index contributed by atoms with van der Waals surface area (Å²) in [4.78, 5) is 8.47. The summed E-state index contributed by atoms with van der Waals surface area (Å²) in [6.07, 6.45) is 7.21.